The van der Waals surface area contributed by atoms with E-state index in [4.69, 9.17) is 10.5 Å². The smallest absolute Gasteiger partial charge is 0.220 e. The van der Waals surface area contributed by atoms with Crippen LogP contribution in [-0.4, -0.2) is 25.2 Å². The van der Waals surface area contributed by atoms with Gasteiger partial charge in [-0.25, -0.2) is 0 Å². The monoisotopic (exact) mass is 304 g/mol. The Labute approximate surface area is 133 Å². The first kappa shape index (κ1) is 17.0. The molecule has 4 heteroatoms. The number of hydrogen-bond acceptors (Lipinski definition) is 3. The zero-order valence-electron chi connectivity index (χ0n) is 13.3. The van der Waals surface area contributed by atoms with Gasteiger partial charge in [-0.1, -0.05) is 43.2 Å². The van der Waals surface area contributed by atoms with Crippen LogP contribution in [0.2, 0.25) is 0 Å². The maximum absolute atomic E-state index is 12.2. The van der Waals surface area contributed by atoms with Crippen molar-refractivity contribution in [2.24, 2.45) is 5.73 Å². The zero-order chi connectivity index (χ0) is 15.6. The highest BCUT2D eigenvalue weighted by Gasteiger charge is 2.28. The minimum Gasteiger partial charge on any atom is -0.376 e. The summed E-state index contributed by atoms with van der Waals surface area (Å²) in [6, 6.07) is 10.1. The van der Waals surface area contributed by atoms with Gasteiger partial charge in [0.2, 0.25) is 5.91 Å². The van der Waals surface area contributed by atoms with E-state index in [-0.39, 0.29) is 18.1 Å². The SMILES string of the molecule is NCCCCCCC(=O)NC(c1ccccc1)C1CCCO1. The highest BCUT2D eigenvalue weighted by molar-refractivity contribution is 5.76. The lowest BCUT2D eigenvalue weighted by Crippen LogP contribution is -2.36. The molecule has 2 unspecified atom stereocenters. The van der Waals surface area contributed by atoms with Crippen molar-refractivity contribution in [2.45, 2.75) is 57.1 Å². The lowest BCUT2D eigenvalue weighted by Gasteiger charge is -2.24. The molecule has 1 saturated heterocycles. The van der Waals surface area contributed by atoms with Crippen LogP contribution in [0.4, 0.5) is 0 Å². The molecular weight excluding hydrogens is 276 g/mol. The molecule has 3 N–H and O–H groups in total. The third-order valence-electron chi connectivity index (χ3n) is 4.17. The highest BCUT2D eigenvalue weighted by atomic mass is 16.5. The van der Waals surface area contributed by atoms with E-state index in [2.05, 4.69) is 17.4 Å². The lowest BCUT2D eigenvalue weighted by molar-refractivity contribution is -0.123. The fourth-order valence-corrected chi connectivity index (χ4v) is 2.95. The zero-order valence-corrected chi connectivity index (χ0v) is 13.3. The molecule has 0 spiro atoms. The van der Waals surface area contributed by atoms with Crippen LogP contribution < -0.4 is 11.1 Å². The first-order valence-corrected chi connectivity index (χ1v) is 8.47. The Bertz CT molecular complexity index is 430. The molecule has 0 saturated carbocycles. The topological polar surface area (TPSA) is 64.4 Å². The molecule has 1 heterocycles. The molecule has 1 aromatic carbocycles. The minimum absolute atomic E-state index is 0.0276. The quantitative estimate of drug-likeness (QED) is 0.689. The maximum Gasteiger partial charge on any atom is 0.220 e. The van der Waals surface area contributed by atoms with Gasteiger partial charge in [0.1, 0.15) is 0 Å². The standard InChI is InChI=1S/C18H28N2O2/c19-13-7-2-1-6-12-17(21)20-18(16-11-8-14-22-16)15-9-4-3-5-10-15/h3-5,9-10,16,18H,1-2,6-8,11-14,19H2,(H,20,21). The van der Waals surface area contributed by atoms with Gasteiger partial charge >= 0.3 is 0 Å². The van der Waals surface area contributed by atoms with Crippen molar-refractivity contribution in [1.82, 2.24) is 5.32 Å². The largest absolute Gasteiger partial charge is 0.376 e. The van der Waals surface area contributed by atoms with Crippen molar-refractivity contribution in [3.8, 4) is 0 Å². The van der Waals surface area contributed by atoms with Crippen LogP contribution in [0.15, 0.2) is 30.3 Å². The second-order valence-corrected chi connectivity index (χ2v) is 5.96. The first-order chi connectivity index (χ1) is 10.8. The van der Waals surface area contributed by atoms with Gasteiger partial charge in [-0.05, 0) is 37.8 Å². The van der Waals surface area contributed by atoms with Crippen LogP contribution in [-0.2, 0) is 9.53 Å². The lowest BCUT2D eigenvalue weighted by atomic mass is 9.99. The van der Waals surface area contributed by atoms with Crippen LogP contribution in [0.1, 0.15) is 56.6 Å². The molecule has 1 aliphatic rings. The molecule has 1 fully saturated rings. The van der Waals surface area contributed by atoms with Crippen molar-refractivity contribution < 1.29 is 9.53 Å². The van der Waals surface area contributed by atoms with Gasteiger partial charge in [0.15, 0.2) is 0 Å². The molecule has 0 bridgehead atoms. The average molecular weight is 304 g/mol. The molecule has 122 valence electrons. The summed E-state index contributed by atoms with van der Waals surface area (Å²) in [5.74, 6) is 0.122. The molecular formula is C18H28N2O2. The normalized spacial score (nSPS) is 19.0. The molecule has 0 aliphatic carbocycles. The number of carbonyl (C=O) groups is 1. The van der Waals surface area contributed by atoms with E-state index in [1.54, 1.807) is 0 Å². The molecule has 0 aromatic heterocycles. The van der Waals surface area contributed by atoms with Crippen LogP contribution in [0.25, 0.3) is 0 Å². The van der Waals surface area contributed by atoms with Crippen molar-refractivity contribution >= 4 is 5.91 Å². The van der Waals surface area contributed by atoms with Crippen molar-refractivity contribution in [3.05, 3.63) is 35.9 Å². The Morgan fingerprint density at radius 3 is 2.68 bits per heavy atom. The second-order valence-electron chi connectivity index (χ2n) is 5.96. The molecule has 1 aliphatic heterocycles. The number of unbranched alkanes of at least 4 members (excludes halogenated alkanes) is 3. The average Bonchev–Trinajstić information content (AvgIpc) is 3.07. The minimum atomic E-state index is -0.0276. The van der Waals surface area contributed by atoms with Crippen molar-refractivity contribution in [1.29, 1.82) is 0 Å². The third-order valence-corrected chi connectivity index (χ3v) is 4.17. The van der Waals surface area contributed by atoms with E-state index in [9.17, 15) is 4.79 Å². The van der Waals surface area contributed by atoms with Crippen LogP contribution in [0.3, 0.4) is 0 Å². The van der Waals surface area contributed by atoms with E-state index in [0.29, 0.717) is 6.42 Å². The van der Waals surface area contributed by atoms with Gasteiger partial charge in [-0.2, -0.15) is 0 Å². The Morgan fingerprint density at radius 1 is 1.23 bits per heavy atom. The summed E-state index contributed by atoms with van der Waals surface area (Å²) in [4.78, 5) is 12.2. The number of carbonyl (C=O) groups excluding carboxylic acids is 1. The number of benzene rings is 1. The number of nitrogens with two attached hydrogens (primary N) is 1. The summed E-state index contributed by atoms with van der Waals surface area (Å²) in [6.45, 7) is 1.53. The van der Waals surface area contributed by atoms with E-state index in [1.807, 2.05) is 18.2 Å². The first-order valence-electron chi connectivity index (χ1n) is 8.47. The number of ether oxygens (including phenoxy) is 1. The molecule has 2 rings (SSSR count). The van der Waals surface area contributed by atoms with Crippen LogP contribution >= 0.6 is 0 Å². The van der Waals surface area contributed by atoms with Crippen molar-refractivity contribution in [3.63, 3.8) is 0 Å². The molecule has 1 aromatic rings. The number of nitrogens with one attached hydrogen (secondary N) is 1. The maximum atomic E-state index is 12.2. The third kappa shape index (κ3) is 5.43. The summed E-state index contributed by atoms with van der Waals surface area (Å²) in [5.41, 5.74) is 6.61. The summed E-state index contributed by atoms with van der Waals surface area (Å²) in [7, 11) is 0. The molecule has 1 amide bonds. The number of rotatable bonds is 9. The Balaban J connectivity index is 1.85. The Morgan fingerprint density at radius 2 is 2.00 bits per heavy atom. The van der Waals surface area contributed by atoms with E-state index in [1.165, 1.54) is 0 Å². The summed E-state index contributed by atoms with van der Waals surface area (Å²) < 4.78 is 5.80. The molecule has 2 atom stereocenters. The molecule has 0 radical (unpaired) electrons. The van der Waals surface area contributed by atoms with Crippen LogP contribution in [0.5, 0.6) is 0 Å². The van der Waals surface area contributed by atoms with Gasteiger partial charge in [0.05, 0.1) is 12.1 Å². The number of hydrogen-bond donors (Lipinski definition) is 2. The van der Waals surface area contributed by atoms with Crippen LogP contribution in [0, 0.1) is 0 Å². The van der Waals surface area contributed by atoms with E-state index < -0.39 is 0 Å². The second kappa shape index (κ2) is 9.59. The summed E-state index contributed by atoms with van der Waals surface area (Å²) in [6.07, 6.45) is 6.92. The summed E-state index contributed by atoms with van der Waals surface area (Å²) >= 11 is 0. The van der Waals surface area contributed by atoms with Gasteiger partial charge < -0.3 is 15.8 Å². The predicted octanol–water partition coefficient (Wildman–Crippen LogP) is 2.93. The fraction of sp³-hybridized carbons (Fsp3) is 0.611. The van der Waals surface area contributed by atoms with E-state index >= 15 is 0 Å². The Hall–Kier alpha value is -1.39. The molecule has 22 heavy (non-hydrogen) atoms. The van der Waals surface area contributed by atoms with E-state index in [0.717, 1.165) is 57.2 Å². The summed E-state index contributed by atoms with van der Waals surface area (Å²) in [5, 5.41) is 3.18. The molecule has 4 nitrogen and oxygen atoms in total. The van der Waals surface area contributed by atoms with Gasteiger partial charge in [0.25, 0.3) is 0 Å². The van der Waals surface area contributed by atoms with Crippen molar-refractivity contribution in [2.75, 3.05) is 13.2 Å². The highest BCUT2D eigenvalue weighted by Crippen LogP contribution is 2.27. The Kier molecular flexibility index (Phi) is 7.40. The number of amides is 1. The van der Waals surface area contributed by atoms with Gasteiger partial charge in [-0.15, -0.1) is 0 Å². The predicted molar refractivity (Wildman–Crippen MR) is 88.4 cm³/mol. The van der Waals surface area contributed by atoms with Gasteiger partial charge in [-0.3, -0.25) is 4.79 Å². The van der Waals surface area contributed by atoms with Gasteiger partial charge in [0, 0.05) is 13.0 Å². The fourth-order valence-electron chi connectivity index (χ4n) is 2.95.